The van der Waals surface area contributed by atoms with Crippen LogP contribution in [-0.2, 0) is 5.41 Å². The molecule has 0 bridgehead atoms. The molecule has 98 valence electrons. The van der Waals surface area contributed by atoms with Crippen molar-refractivity contribution in [3.8, 4) is 10.1 Å². The van der Waals surface area contributed by atoms with Crippen molar-refractivity contribution in [2.24, 2.45) is 0 Å². The van der Waals surface area contributed by atoms with E-state index in [4.69, 9.17) is 4.74 Å². The Morgan fingerprint density at radius 3 is 2.75 bits per heavy atom. The highest BCUT2D eigenvalue weighted by Crippen LogP contribution is 2.43. The first-order valence-corrected chi connectivity index (χ1v) is 9.27. The number of hydrogen-bond acceptors (Lipinski definition) is 4. The summed E-state index contributed by atoms with van der Waals surface area (Å²) in [7, 11) is 0. The Hall–Kier alpha value is -1.04. The predicted octanol–water partition coefficient (Wildman–Crippen LogP) is 3.13. The molecule has 3 aromatic rings. The molecule has 1 nitrogen and oxygen atoms in total. The summed E-state index contributed by atoms with van der Waals surface area (Å²) >= 11 is 5.35. The first-order valence-electron chi connectivity index (χ1n) is 6.63. The van der Waals surface area contributed by atoms with E-state index in [0.717, 1.165) is 10.1 Å². The van der Waals surface area contributed by atoms with Gasteiger partial charge in [0.1, 0.15) is 0 Å². The van der Waals surface area contributed by atoms with E-state index in [1.807, 2.05) is 11.3 Å². The largest absolute Gasteiger partial charge is 0.437 e. The van der Waals surface area contributed by atoms with Crippen molar-refractivity contribution in [3.05, 3.63) is 39.4 Å². The van der Waals surface area contributed by atoms with Crippen LogP contribution in [0, 0.1) is 0 Å². The summed E-state index contributed by atoms with van der Waals surface area (Å²) in [4.78, 5) is 0. The number of ether oxygens (including phenoxy) is 1. The van der Waals surface area contributed by atoms with Crippen molar-refractivity contribution in [3.63, 3.8) is 0 Å². The normalized spacial score (nSPS) is 17.2. The molecule has 0 radical (unpaired) electrons. The average Bonchev–Trinajstić information content (AvgIpc) is 3.13. The van der Waals surface area contributed by atoms with Crippen molar-refractivity contribution in [2.75, 3.05) is 0 Å². The van der Waals surface area contributed by atoms with Gasteiger partial charge in [0.2, 0.25) is 0 Å². The Kier molecular flexibility index (Phi) is 2.08. The van der Waals surface area contributed by atoms with E-state index < -0.39 is 0 Å². The summed E-state index contributed by atoms with van der Waals surface area (Å²) in [5.41, 5.74) is 5.79. The van der Waals surface area contributed by atoms with Crippen molar-refractivity contribution in [1.29, 1.82) is 0 Å². The standard InChI is InChI=1S/C15H11BOS3/c1-15(2)8-3-5-18-12(8)16-10-4-6-19-13(10)17-14-11(16)9(15)7-20-14/h3-7H,1-2H3. The lowest BCUT2D eigenvalue weighted by atomic mass is 9.35. The number of thiophene rings is 3. The maximum absolute atomic E-state index is 6.13. The SMILES string of the molecule is CC1(C)c2ccsc2B2c3ccsc3Oc3scc1c32. The molecule has 0 atom stereocenters. The van der Waals surface area contributed by atoms with Crippen LogP contribution in [0.3, 0.4) is 0 Å². The zero-order valence-electron chi connectivity index (χ0n) is 11.1. The quantitative estimate of drug-likeness (QED) is 0.453. The third-order valence-electron chi connectivity index (χ3n) is 4.54. The molecule has 5 rings (SSSR count). The van der Waals surface area contributed by atoms with Gasteiger partial charge in [-0.3, -0.25) is 0 Å². The van der Waals surface area contributed by atoms with Crippen LogP contribution in [0.5, 0.6) is 10.1 Å². The maximum atomic E-state index is 6.13. The molecule has 2 aliphatic heterocycles. The van der Waals surface area contributed by atoms with Crippen LogP contribution in [-0.4, -0.2) is 6.71 Å². The van der Waals surface area contributed by atoms with Gasteiger partial charge in [0.15, 0.2) is 10.1 Å². The fraction of sp³-hybridized carbons (Fsp3) is 0.200. The molecule has 0 saturated heterocycles. The molecule has 3 aromatic heterocycles. The van der Waals surface area contributed by atoms with Crippen LogP contribution < -0.4 is 20.4 Å². The van der Waals surface area contributed by atoms with E-state index in [-0.39, 0.29) is 5.41 Å². The summed E-state index contributed by atoms with van der Waals surface area (Å²) in [6.45, 7) is 5.06. The van der Waals surface area contributed by atoms with Gasteiger partial charge in [0, 0.05) is 5.41 Å². The van der Waals surface area contributed by atoms with Gasteiger partial charge in [-0.25, -0.2) is 0 Å². The molecular weight excluding hydrogens is 303 g/mol. The van der Waals surface area contributed by atoms with E-state index in [2.05, 4.69) is 42.1 Å². The lowest BCUT2D eigenvalue weighted by Crippen LogP contribution is -2.60. The van der Waals surface area contributed by atoms with E-state index in [0.29, 0.717) is 6.71 Å². The lowest BCUT2D eigenvalue weighted by molar-refractivity contribution is 0.513. The third-order valence-corrected chi connectivity index (χ3v) is 7.20. The molecule has 0 spiro atoms. The second-order valence-corrected chi connectivity index (χ2v) is 8.54. The van der Waals surface area contributed by atoms with Crippen LogP contribution in [0.15, 0.2) is 28.3 Å². The van der Waals surface area contributed by atoms with E-state index >= 15 is 0 Å². The molecular formula is C15H11BOS3. The molecule has 0 unspecified atom stereocenters. The average molecular weight is 314 g/mol. The molecule has 0 aliphatic carbocycles. The molecule has 0 fully saturated rings. The highest BCUT2D eigenvalue weighted by Gasteiger charge is 2.47. The van der Waals surface area contributed by atoms with Crippen LogP contribution in [0.4, 0.5) is 0 Å². The number of fused-ring (bicyclic) bond motifs is 4. The van der Waals surface area contributed by atoms with Crippen LogP contribution in [0.1, 0.15) is 25.0 Å². The molecule has 20 heavy (non-hydrogen) atoms. The Labute approximate surface area is 129 Å². The highest BCUT2D eigenvalue weighted by molar-refractivity contribution is 7.29. The van der Waals surface area contributed by atoms with Crippen molar-refractivity contribution in [1.82, 2.24) is 0 Å². The van der Waals surface area contributed by atoms with Gasteiger partial charge in [0.25, 0.3) is 6.71 Å². The Bertz CT molecular complexity index is 839. The summed E-state index contributed by atoms with van der Waals surface area (Å²) < 4.78 is 7.64. The fourth-order valence-corrected chi connectivity index (χ4v) is 6.66. The van der Waals surface area contributed by atoms with E-state index in [1.165, 1.54) is 26.8 Å². The van der Waals surface area contributed by atoms with Gasteiger partial charge in [0.05, 0.1) is 0 Å². The molecule has 5 heterocycles. The minimum absolute atomic E-state index is 0.0901. The van der Waals surface area contributed by atoms with Crippen molar-refractivity contribution >= 4 is 56.4 Å². The minimum Gasteiger partial charge on any atom is -0.437 e. The topological polar surface area (TPSA) is 9.23 Å². The maximum Gasteiger partial charge on any atom is 0.266 e. The molecule has 0 amide bonds. The molecule has 5 heteroatoms. The number of rotatable bonds is 0. The van der Waals surface area contributed by atoms with Gasteiger partial charge in [-0.2, -0.15) is 11.3 Å². The first-order chi connectivity index (χ1) is 9.68. The summed E-state index contributed by atoms with van der Waals surface area (Å²) in [6, 6.07) is 4.54. The fourth-order valence-electron chi connectivity index (χ4n) is 3.51. The van der Waals surface area contributed by atoms with Gasteiger partial charge in [-0.05, 0) is 49.0 Å². The molecule has 0 N–H and O–H groups in total. The zero-order valence-corrected chi connectivity index (χ0v) is 13.5. The van der Waals surface area contributed by atoms with Gasteiger partial charge in [-0.1, -0.05) is 19.9 Å². The first kappa shape index (κ1) is 11.6. The van der Waals surface area contributed by atoms with Crippen LogP contribution in [0.2, 0.25) is 0 Å². The molecule has 0 aromatic carbocycles. The Balaban J connectivity index is 1.91. The minimum atomic E-state index is 0.0901. The second kappa shape index (κ2) is 3.59. The van der Waals surface area contributed by atoms with E-state index in [1.54, 1.807) is 22.7 Å². The third kappa shape index (κ3) is 1.20. The zero-order chi connectivity index (χ0) is 13.5. The Morgan fingerprint density at radius 1 is 1.00 bits per heavy atom. The van der Waals surface area contributed by atoms with Crippen LogP contribution in [0.25, 0.3) is 0 Å². The monoisotopic (exact) mass is 314 g/mol. The smallest absolute Gasteiger partial charge is 0.266 e. The highest BCUT2D eigenvalue weighted by atomic mass is 32.1. The van der Waals surface area contributed by atoms with Crippen LogP contribution >= 0.6 is 34.0 Å². The molecule has 0 saturated carbocycles. The van der Waals surface area contributed by atoms with Crippen molar-refractivity contribution < 1.29 is 4.74 Å². The van der Waals surface area contributed by atoms with Crippen molar-refractivity contribution in [2.45, 2.75) is 19.3 Å². The van der Waals surface area contributed by atoms with E-state index in [9.17, 15) is 0 Å². The predicted molar refractivity (Wildman–Crippen MR) is 89.8 cm³/mol. The summed E-state index contributed by atoms with van der Waals surface area (Å²) in [6.07, 6.45) is 0. The second-order valence-electron chi connectivity index (χ2n) is 5.87. The summed E-state index contributed by atoms with van der Waals surface area (Å²) in [5, 5.41) is 8.87. The van der Waals surface area contributed by atoms with Gasteiger partial charge >= 0.3 is 0 Å². The van der Waals surface area contributed by atoms with Gasteiger partial charge in [-0.15, -0.1) is 22.7 Å². The number of hydrogen-bond donors (Lipinski definition) is 0. The summed E-state index contributed by atoms with van der Waals surface area (Å²) in [5.74, 6) is 0. The van der Waals surface area contributed by atoms with Gasteiger partial charge < -0.3 is 4.74 Å². The Morgan fingerprint density at radius 2 is 1.85 bits per heavy atom. The molecule has 2 aliphatic rings. The lowest BCUT2D eigenvalue weighted by Gasteiger charge is -2.35.